The first-order chi connectivity index (χ1) is 10.0. The lowest BCUT2D eigenvalue weighted by atomic mass is 10.2. The van der Waals surface area contributed by atoms with Crippen LogP contribution in [-0.2, 0) is 0 Å². The molecule has 0 fully saturated rings. The van der Waals surface area contributed by atoms with E-state index < -0.39 is 0 Å². The third-order valence-corrected chi connectivity index (χ3v) is 3.71. The van der Waals surface area contributed by atoms with Crippen molar-refractivity contribution >= 4 is 34.2 Å². The van der Waals surface area contributed by atoms with Gasteiger partial charge in [-0.2, -0.15) is 0 Å². The standard InChI is InChI=1S/C15H13FINO3/c1-20-13-6-4-10(8-14(13)21-2)18-15(19)11-5-3-9(16)7-12(11)17/h3-8H,1-2H3,(H,18,19). The second kappa shape index (κ2) is 6.75. The van der Waals surface area contributed by atoms with E-state index in [0.29, 0.717) is 26.3 Å². The molecule has 1 amide bonds. The maximum absolute atomic E-state index is 13.1. The molecule has 0 aromatic heterocycles. The highest BCUT2D eigenvalue weighted by molar-refractivity contribution is 14.1. The fourth-order valence-electron chi connectivity index (χ4n) is 1.79. The smallest absolute Gasteiger partial charge is 0.256 e. The molecule has 0 bridgehead atoms. The molecule has 2 aromatic rings. The van der Waals surface area contributed by atoms with Crippen molar-refractivity contribution in [1.29, 1.82) is 0 Å². The van der Waals surface area contributed by atoms with Gasteiger partial charge in [-0.05, 0) is 52.9 Å². The highest BCUT2D eigenvalue weighted by Crippen LogP contribution is 2.30. The Hall–Kier alpha value is -1.83. The van der Waals surface area contributed by atoms with Crippen molar-refractivity contribution in [3.63, 3.8) is 0 Å². The van der Waals surface area contributed by atoms with Gasteiger partial charge in [0, 0.05) is 15.3 Å². The molecule has 2 aromatic carbocycles. The largest absolute Gasteiger partial charge is 0.493 e. The molecular formula is C15H13FINO3. The van der Waals surface area contributed by atoms with Crippen molar-refractivity contribution in [3.05, 3.63) is 51.3 Å². The monoisotopic (exact) mass is 401 g/mol. The first-order valence-corrected chi connectivity index (χ1v) is 7.11. The van der Waals surface area contributed by atoms with Crippen LogP contribution in [-0.4, -0.2) is 20.1 Å². The Balaban J connectivity index is 2.23. The predicted octanol–water partition coefficient (Wildman–Crippen LogP) is 3.70. The lowest BCUT2D eigenvalue weighted by molar-refractivity contribution is 0.102. The number of halogens is 2. The zero-order valence-corrected chi connectivity index (χ0v) is 13.6. The molecule has 0 aliphatic rings. The summed E-state index contributed by atoms with van der Waals surface area (Å²) in [4.78, 5) is 12.2. The summed E-state index contributed by atoms with van der Waals surface area (Å²) >= 11 is 1.92. The number of carbonyl (C=O) groups is 1. The van der Waals surface area contributed by atoms with Gasteiger partial charge in [0.2, 0.25) is 0 Å². The number of methoxy groups -OCH3 is 2. The normalized spacial score (nSPS) is 10.1. The molecular weight excluding hydrogens is 388 g/mol. The molecule has 21 heavy (non-hydrogen) atoms. The van der Waals surface area contributed by atoms with Crippen LogP contribution in [0.15, 0.2) is 36.4 Å². The summed E-state index contributed by atoms with van der Waals surface area (Å²) < 4.78 is 23.9. The van der Waals surface area contributed by atoms with Gasteiger partial charge in [0.05, 0.1) is 19.8 Å². The predicted molar refractivity (Wildman–Crippen MR) is 86.6 cm³/mol. The van der Waals surface area contributed by atoms with E-state index >= 15 is 0 Å². The third kappa shape index (κ3) is 3.63. The minimum absolute atomic E-state index is 0.313. The van der Waals surface area contributed by atoms with Crippen molar-refractivity contribution in [2.24, 2.45) is 0 Å². The molecule has 0 heterocycles. The number of nitrogens with one attached hydrogen (secondary N) is 1. The van der Waals surface area contributed by atoms with Gasteiger partial charge in [0.25, 0.3) is 5.91 Å². The average Bonchev–Trinajstić information content (AvgIpc) is 2.46. The zero-order valence-electron chi connectivity index (χ0n) is 11.4. The van der Waals surface area contributed by atoms with Gasteiger partial charge in [0.15, 0.2) is 11.5 Å². The summed E-state index contributed by atoms with van der Waals surface area (Å²) in [6, 6.07) is 9.08. The van der Waals surface area contributed by atoms with Crippen LogP contribution in [0.4, 0.5) is 10.1 Å². The minimum Gasteiger partial charge on any atom is -0.493 e. The van der Waals surface area contributed by atoms with E-state index in [0.717, 1.165) is 0 Å². The Bertz CT molecular complexity index is 676. The molecule has 2 rings (SSSR count). The lowest BCUT2D eigenvalue weighted by Gasteiger charge is -2.11. The summed E-state index contributed by atoms with van der Waals surface area (Å²) in [7, 11) is 3.06. The van der Waals surface area contributed by atoms with Gasteiger partial charge < -0.3 is 14.8 Å². The van der Waals surface area contributed by atoms with Gasteiger partial charge in [0.1, 0.15) is 5.82 Å². The molecule has 6 heteroatoms. The summed E-state index contributed by atoms with van der Waals surface area (Å²) in [5.74, 6) is 0.407. The maximum Gasteiger partial charge on any atom is 0.256 e. The second-order valence-corrected chi connectivity index (χ2v) is 5.31. The Morgan fingerprint density at radius 3 is 2.43 bits per heavy atom. The summed E-state index contributed by atoms with van der Waals surface area (Å²) in [5, 5.41) is 2.74. The first kappa shape index (κ1) is 15.6. The van der Waals surface area contributed by atoms with E-state index in [2.05, 4.69) is 5.32 Å². The highest BCUT2D eigenvalue weighted by Gasteiger charge is 2.12. The van der Waals surface area contributed by atoms with E-state index in [9.17, 15) is 9.18 Å². The van der Waals surface area contributed by atoms with Crippen molar-refractivity contribution < 1.29 is 18.7 Å². The van der Waals surface area contributed by atoms with E-state index in [1.165, 1.54) is 32.4 Å². The van der Waals surface area contributed by atoms with Crippen molar-refractivity contribution in [2.45, 2.75) is 0 Å². The van der Waals surface area contributed by atoms with Gasteiger partial charge in [-0.15, -0.1) is 0 Å². The van der Waals surface area contributed by atoms with Crippen LogP contribution in [0.25, 0.3) is 0 Å². The molecule has 0 saturated carbocycles. The number of hydrogen-bond acceptors (Lipinski definition) is 3. The number of rotatable bonds is 4. The summed E-state index contributed by atoms with van der Waals surface area (Å²) in [6.07, 6.45) is 0. The number of ether oxygens (including phenoxy) is 2. The Morgan fingerprint density at radius 2 is 1.81 bits per heavy atom. The Labute approximate surface area is 135 Å². The molecule has 0 aliphatic carbocycles. The molecule has 110 valence electrons. The van der Waals surface area contributed by atoms with E-state index in [4.69, 9.17) is 9.47 Å². The molecule has 0 radical (unpaired) electrons. The van der Waals surface area contributed by atoms with Crippen molar-refractivity contribution in [1.82, 2.24) is 0 Å². The third-order valence-electron chi connectivity index (χ3n) is 2.82. The molecule has 0 atom stereocenters. The number of anilines is 1. The number of benzene rings is 2. The minimum atomic E-state index is -0.373. The van der Waals surface area contributed by atoms with Crippen LogP contribution in [0.5, 0.6) is 11.5 Å². The lowest BCUT2D eigenvalue weighted by Crippen LogP contribution is -2.13. The van der Waals surface area contributed by atoms with E-state index in [-0.39, 0.29) is 11.7 Å². The number of carbonyl (C=O) groups excluding carboxylic acids is 1. The topological polar surface area (TPSA) is 47.6 Å². The molecule has 1 N–H and O–H groups in total. The van der Waals surface area contributed by atoms with Crippen LogP contribution in [0, 0.1) is 9.39 Å². The SMILES string of the molecule is COc1ccc(NC(=O)c2ccc(F)cc2I)cc1OC. The van der Waals surface area contributed by atoms with E-state index in [1.807, 2.05) is 22.6 Å². The first-order valence-electron chi connectivity index (χ1n) is 6.03. The molecule has 4 nitrogen and oxygen atoms in total. The Morgan fingerprint density at radius 1 is 1.10 bits per heavy atom. The number of hydrogen-bond donors (Lipinski definition) is 1. The number of amides is 1. The fraction of sp³-hybridized carbons (Fsp3) is 0.133. The van der Waals surface area contributed by atoms with Gasteiger partial charge in [-0.3, -0.25) is 4.79 Å². The van der Waals surface area contributed by atoms with Crippen molar-refractivity contribution in [3.8, 4) is 11.5 Å². The summed E-state index contributed by atoms with van der Waals surface area (Å²) in [5.41, 5.74) is 0.976. The maximum atomic E-state index is 13.1. The van der Waals surface area contributed by atoms with Crippen LogP contribution in [0.2, 0.25) is 0 Å². The zero-order chi connectivity index (χ0) is 15.4. The van der Waals surface area contributed by atoms with Crippen LogP contribution < -0.4 is 14.8 Å². The quantitative estimate of drug-likeness (QED) is 0.796. The highest BCUT2D eigenvalue weighted by atomic mass is 127. The van der Waals surface area contributed by atoms with Crippen LogP contribution in [0.3, 0.4) is 0 Å². The van der Waals surface area contributed by atoms with Crippen LogP contribution >= 0.6 is 22.6 Å². The summed E-state index contributed by atoms with van der Waals surface area (Å²) in [6.45, 7) is 0. The van der Waals surface area contributed by atoms with E-state index in [1.54, 1.807) is 18.2 Å². The molecule has 0 spiro atoms. The van der Waals surface area contributed by atoms with Crippen LogP contribution in [0.1, 0.15) is 10.4 Å². The molecule has 0 saturated heterocycles. The van der Waals surface area contributed by atoms with Crippen molar-refractivity contribution in [2.75, 3.05) is 19.5 Å². The molecule has 0 unspecified atom stereocenters. The average molecular weight is 401 g/mol. The molecule has 0 aliphatic heterocycles. The van der Waals surface area contributed by atoms with Gasteiger partial charge in [-0.25, -0.2) is 4.39 Å². The fourth-order valence-corrected chi connectivity index (χ4v) is 2.51. The Kier molecular flexibility index (Phi) is 5.00. The van der Waals surface area contributed by atoms with Gasteiger partial charge in [-0.1, -0.05) is 0 Å². The van der Waals surface area contributed by atoms with Gasteiger partial charge >= 0.3 is 0 Å². The second-order valence-electron chi connectivity index (χ2n) is 4.15.